The summed E-state index contributed by atoms with van der Waals surface area (Å²) < 4.78 is 34.7. The Labute approximate surface area is 166 Å². The second-order valence-electron chi connectivity index (χ2n) is 6.44. The number of hydrogen-bond donors (Lipinski definition) is 1. The van der Waals surface area contributed by atoms with Crippen molar-refractivity contribution in [2.75, 3.05) is 13.2 Å². The number of fused-ring (bicyclic) bond motifs is 1. The summed E-state index contributed by atoms with van der Waals surface area (Å²) >= 11 is 3.37. The minimum Gasteiger partial charge on any atom is -0.492 e. The lowest BCUT2D eigenvalue weighted by Gasteiger charge is -2.24. The molecule has 0 saturated carbocycles. The first-order valence-corrected chi connectivity index (χ1v) is 11.1. The van der Waals surface area contributed by atoms with Crippen molar-refractivity contribution in [3.8, 4) is 5.75 Å². The van der Waals surface area contributed by atoms with Crippen LogP contribution in [0.15, 0.2) is 51.8 Å². The highest BCUT2D eigenvalue weighted by molar-refractivity contribution is 9.10. The van der Waals surface area contributed by atoms with E-state index in [1.54, 1.807) is 18.2 Å². The number of ether oxygens (including phenoxy) is 1. The second-order valence-corrected chi connectivity index (χ2v) is 9.21. The fourth-order valence-electron chi connectivity index (χ4n) is 3.52. The van der Waals surface area contributed by atoms with Gasteiger partial charge in [-0.15, -0.1) is 0 Å². The van der Waals surface area contributed by atoms with Crippen LogP contribution in [-0.2, 0) is 10.0 Å². The smallest absolute Gasteiger partial charge is 0.247 e. The highest BCUT2D eigenvalue weighted by atomic mass is 79.9. The van der Waals surface area contributed by atoms with Crippen LogP contribution in [0.2, 0.25) is 0 Å². The normalized spacial score (nSPS) is 18.2. The first-order chi connectivity index (χ1) is 13.0. The summed E-state index contributed by atoms with van der Waals surface area (Å²) in [6.45, 7) is 2.70. The number of hydrogen-bond acceptors (Lipinski definition) is 4. The lowest BCUT2D eigenvalue weighted by atomic mass is 10.2. The van der Waals surface area contributed by atoms with Crippen LogP contribution < -0.4 is 4.74 Å². The number of sulfonamides is 1. The molecular weight excluding hydrogens is 430 g/mol. The lowest BCUT2D eigenvalue weighted by Crippen LogP contribution is -2.31. The summed E-state index contributed by atoms with van der Waals surface area (Å²) in [4.78, 5) is 8.09. The van der Waals surface area contributed by atoms with Gasteiger partial charge in [-0.2, -0.15) is 4.31 Å². The SMILES string of the molecule is CCOc1ccc(Br)cc1S(=O)(=O)N1CCCC1c1nc2ccccc2[nH]1. The Kier molecular flexibility index (Phi) is 4.96. The summed E-state index contributed by atoms with van der Waals surface area (Å²) in [7, 11) is -3.73. The number of aromatic amines is 1. The van der Waals surface area contributed by atoms with E-state index in [1.807, 2.05) is 31.2 Å². The van der Waals surface area contributed by atoms with E-state index in [0.717, 1.165) is 23.9 Å². The Morgan fingerprint density at radius 2 is 2.11 bits per heavy atom. The van der Waals surface area contributed by atoms with Crippen molar-refractivity contribution in [2.24, 2.45) is 0 Å². The van der Waals surface area contributed by atoms with Crippen molar-refractivity contribution in [3.05, 3.63) is 52.8 Å². The quantitative estimate of drug-likeness (QED) is 0.631. The minimum atomic E-state index is -3.73. The van der Waals surface area contributed by atoms with Crippen molar-refractivity contribution in [2.45, 2.75) is 30.7 Å². The molecule has 0 amide bonds. The molecule has 1 aromatic heterocycles. The molecule has 4 rings (SSSR count). The molecule has 1 fully saturated rings. The van der Waals surface area contributed by atoms with Crippen LogP contribution in [0.4, 0.5) is 0 Å². The van der Waals surface area contributed by atoms with Crippen LogP contribution in [0.5, 0.6) is 5.75 Å². The molecule has 8 heteroatoms. The third-order valence-corrected chi connectivity index (χ3v) is 7.14. The Bertz CT molecular complexity index is 1050. The molecule has 1 aliphatic heterocycles. The summed E-state index contributed by atoms with van der Waals surface area (Å²) in [6, 6.07) is 12.5. The molecule has 0 spiro atoms. The third-order valence-electron chi connectivity index (χ3n) is 4.72. The van der Waals surface area contributed by atoms with Crippen LogP contribution in [0, 0.1) is 0 Å². The third kappa shape index (κ3) is 3.37. The lowest BCUT2D eigenvalue weighted by molar-refractivity contribution is 0.327. The number of imidazole rings is 1. The summed E-state index contributed by atoms with van der Waals surface area (Å²) in [5.74, 6) is 1.06. The largest absolute Gasteiger partial charge is 0.492 e. The number of para-hydroxylation sites is 2. The maximum Gasteiger partial charge on any atom is 0.247 e. The van der Waals surface area contributed by atoms with Gasteiger partial charge in [-0.1, -0.05) is 28.1 Å². The number of nitrogens with one attached hydrogen (secondary N) is 1. The number of nitrogens with zero attached hydrogens (tertiary/aromatic N) is 2. The summed E-state index contributed by atoms with van der Waals surface area (Å²) in [6.07, 6.45) is 1.52. The molecule has 1 N–H and O–H groups in total. The van der Waals surface area contributed by atoms with Gasteiger partial charge in [0.2, 0.25) is 10.0 Å². The first-order valence-electron chi connectivity index (χ1n) is 8.89. The molecule has 0 aliphatic carbocycles. The minimum absolute atomic E-state index is 0.182. The van der Waals surface area contributed by atoms with Crippen LogP contribution in [0.25, 0.3) is 11.0 Å². The summed E-state index contributed by atoms with van der Waals surface area (Å²) in [5.41, 5.74) is 1.75. The second kappa shape index (κ2) is 7.26. The molecule has 0 bridgehead atoms. The Balaban J connectivity index is 1.76. The number of benzene rings is 2. The molecule has 3 aromatic rings. The molecule has 6 nitrogen and oxygen atoms in total. The highest BCUT2D eigenvalue weighted by Gasteiger charge is 2.39. The van der Waals surface area contributed by atoms with Gasteiger partial charge in [0.05, 0.1) is 23.7 Å². The van der Waals surface area contributed by atoms with Gasteiger partial charge in [0.15, 0.2) is 0 Å². The fourth-order valence-corrected chi connectivity index (χ4v) is 5.85. The van der Waals surface area contributed by atoms with Crippen LogP contribution in [0.1, 0.15) is 31.6 Å². The van der Waals surface area contributed by atoms with Gasteiger partial charge in [-0.05, 0) is 50.1 Å². The zero-order valence-corrected chi connectivity index (χ0v) is 17.3. The Morgan fingerprint density at radius 3 is 2.89 bits per heavy atom. The molecule has 1 unspecified atom stereocenters. The average Bonchev–Trinajstić information content (AvgIpc) is 3.30. The molecule has 1 saturated heterocycles. The van der Waals surface area contributed by atoms with Gasteiger partial charge in [0.25, 0.3) is 0 Å². The van der Waals surface area contributed by atoms with E-state index >= 15 is 0 Å². The molecule has 2 aromatic carbocycles. The van der Waals surface area contributed by atoms with Crippen molar-refractivity contribution in [1.29, 1.82) is 0 Å². The van der Waals surface area contributed by atoms with Crippen molar-refractivity contribution >= 4 is 37.0 Å². The topological polar surface area (TPSA) is 75.3 Å². The number of halogens is 1. The van der Waals surface area contributed by atoms with E-state index in [0.29, 0.717) is 29.2 Å². The van der Waals surface area contributed by atoms with Crippen LogP contribution in [0.3, 0.4) is 0 Å². The fraction of sp³-hybridized carbons (Fsp3) is 0.316. The van der Waals surface area contributed by atoms with Gasteiger partial charge in [-0.25, -0.2) is 13.4 Å². The maximum absolute atomic E-state index is 13.5. The average molecular weight is 450 g/mol. The van der Waals surface area contributed by atoms with E-state index in [2.05, 4.69) is 25.9 Å². The van der Waals surface area contributed by atoms with E-state index < -0.39 is 10.0 Å². The zero-order valence-electron chi connectivity index (χ0n) is 14.9. The molecular formula is C19H20BrN3O3S. The number of aromatic nitrogens is 2. The molecule has 0 radical (unpaired) electrons. The zero-order chi connectivity index (χ0) is 19.0. The molecule has 142 valence electrons. The van der Waals surface area contributed by atoms with E-state index in [1.165, 1.54) is 4.31 Å². The standard InChI is InChI=1S/C19H20BrN3O3S/c1-2-26-17-10-9-13(20)12-18(17)27(24,25)23-11-5-8-16(23)19-21-14-6-3-4-7-15(14)22-19/h3-4,6-7,9-10,12,16H,2,5,8,11H2,1H3,(H,21,22). The molecule has 27 heavy (non-hydrogen) atoms. The first kappa shape index (κ1) is 18.5. The van der Waals surface area contributed by atoms with E-state index in [4.69, 9.17) is 4.74 Å². The Hall–Kier alpha value is -1.90. The van der Waals surface area contributed by atoms with E-state index in [-0.39, 0.29) is 10.9 Å². The van der Waals surface area contributed by atoms with Crippen molar-refractivity contribution in [3.63, 3.8) is 0 Å². The van der Waals surface area contributed by atoms with Crippen molar-refractivity contribution in [1.82, 2.24) is 14.3 Å². The number of H-pyrrole nitrogens is 1. The van der Waals surface area contributed by atoms with Crippen LogP contribution >= 0.6 is 15.9 Å². The van der Waals surface area contributed by atoms with Gasteiger partial charge in [0, 0.05) is 11.0 Å². The van der Waals surface area contributed by atoms with Gasteiger partial charge < -0.3 is 9.72 Å². The molecule has 2 heterocycles. The van der Waals surface area contributed by atoms with Crippen LogP contribution in [-0.4, -0.2) is 35.8 Å². The predicted octanol–water partition coefficient (Wildman–Crippen LogP) is 4.25. The monoisotopic (exact) mass is 449 g/mol. The highest BCUT2D eigenvalue weighted by Crippen LogP contribution is 2.39. The summed E-state index contributed by atoms with van der Waals surface area (Å²) in [5, 5.41) is 0. The predicted molar refractivity (Wildman–Crippen MR) is 107 cm³/mol. The van der Waals surface area contributed by atoms with Crippen molar-refractivity contribution < 1.29 is 13.2 Å². The van der Waals surface area contributed by atoms with E-state index in [9.17, 15) is 8.42 Å². The van der Waals surface area contributed by atoms with Gasteiger partial charge in [-0.3, -0.25) is 0 Å². The number of rotatable bonds is 5. The van der Waals surface area contributed by atoms with Gasteiger partial charge >= 0.3 is 0 Å². The molecule has 1 atom stereocenters. The Morgan fingerprint density at radius 1 is 1.30 bits per heavy atom. The maximum atomic E-state index is 13.5. The molecule has 1 aliphatic rings. The van der Waals surface area contributed by atoms with Gasteiger partial charge in [0.1, 0.15) is 16.5 Å².